The number of nitrogens with zero attached hydrogens (tertiary/aromatic N) is 6. The van der Waals surface area contributed by atoms with Crippen LogP contribution in [0.3, 0.4) is 0 Å². The van der Waals surface area contributed by atoms with Gasteiger partial charge in [-0.3, -0.25) is 9.59 Å². The second kappa shape index (κ2) is 55.7. The van der Waals surface area contributed by atoms with Gasteiger partial charge in [0.1, 0.15) is 135 Å². The average Bonchev–Trinajstić information content (AvgIpc) is 0.841. The molecule has 2 aromatic rings. The predicted molar refractivity (Wildman–Crippen MR) is 464 cm³/mol. The van der Waals surface area contributed by atoms with E-state index in [0.717, 1.165) is 11.1 Å². The Morgan fingerprint density at radius 2 is 0.754 bits per heavy atom. The first-order chi connectivity index (χ1) is 65.1. The lowest BCUT2D eigenvalue weighted by Gasteiger charge is -2.51. The minimum Gasteiger partial charge on any atom is -0.396 e. The largest absolute Gasteiger partial charge is 0.396 e. The van der Waals surface area contributed by atoms with Crippen molar-refractivity contribution in [1.29, 1.82) is 0 Å². The Morgan fingerprint density at radius 1 is 0.373 bits per heavy atom. The third kappa shape index (κ3) is 26.3. The van der Waals surface area contributed by atoms with Crippen molar-refractivity contribution in [2.75, 3.05) is 222 Å². The first-order valence-electron chi connectivity index (χ1n) is 45.1. The van der Waals surface area contributed by atoms with Crippen LogP contribution in [0.5, 0.6) is 0 Å². The van der Waals surface area contributed by atoms with Crippen LogP contribution in [0.15, 0.2) is 35.7 Å². The van der Waals surface area contributed by atoms with Crippen molar-refractivity contribution >= 4 is 11.7 Å². The number of methoxy groups -OCH3 is 22. The maximum absolute atomic E-state index is 14.3. The van der Waals surface area contributed by atoms with Crippen LogP contribution in [0.2, 0.25) is 0 Å². The van der Waals surface area contributed by atoms with Crippen LogP contribution in [0.25, 0.3) is 0 Å². The Labute approximate surface area is 784 Å². The number of hydrogen-bond donors (Lipinski definition) is 4. The Balaban J connectivity index is 0.701. The highest BCUT2D eigenvalue weighted by Crippen LogP contribution is 2.45. The van der Waals surface area contributed by atoms with Crippen molar-refractivity contribution in [3.8, 4) is 0 Å². The van der Waals surface area contributed by atoms with E-state index in [1.54, 1.807) is 71.1 Å². The van der Waals surface area contributed by atoms with Crippen molar-refractivity contribution in [1.82, 2.24) is 40.6 Å². The minimum absolute atomic E-state index is 0.00378. The molecule has 38 unspecified atom stereocenters. The van der Waals surface area contributed by atoms with E-state index in [2.05, 4.69) is 37.3 Å². The molecule has 8 heterocycles. The lowest BCUT2D eigenvalue weighted by Crippen LogP contribution is -2.70. The number of aromatic nitrogens is 6. The molecule has 6 aliphatic heterocycles. The summed E-state index contributed by atoms with van der Waals surface area (Å²) in [6, 6.07) is -0.923. The fourth-order valence-corrected chi connectivity index (χ4v) is 20.4. The number of carbonyl (C=O) groups is 2. The van der Waals surface area contributed by atoms with Gasteiger partial charge in [0.25, 0.3) is 0 Å². The lowest BCUT2D eigenvalue weighted by molar-refractivity contribution is -0.376. The van der Waals surface area contributed by atoms with E-state index in [0.29, 0.717) is 24.4 Å². The summed E-state index contributed by atoms with van der Waals surface area (Å²) in [4.78, 5) is 28.4. The van der Waals surface area contributed by atoms with Crippen LogP contribution < -0.4 is 10.6 Å². The molecule has 0 bridgehead atoms. The van der Waals surface area contributed by atoms with E-state index in [-0.39, 0.29) is 122 Å². The number of amides is 1. The minimum atomic E-state index is -1.19. The van der Waals surface area contributed by atoms with Gasteiger partial charge in [0.15, 0.2) is 37.2 Å². The SMILES string of the molecule is COCC1=CC(CC2C(C)OC(OC3C(COC)OC(OC4C(COC)OC(CC(=O)Cn5nncc5COCCOCc5cnnn5CC(=O)NC5OC(COC)C(OC6OC(COC)C(OC7OC(C)C(NC8C=C(COC)C(CO)C(OC)C8OC)C(OC)C7OC)C(OC)C6OC)C(OC)C5OC)C(OC)C4OC)C(OC)C3OC)C(OC)C2OC)C(OC)C(OC)C1CO. The van der Waals surface area contributed by atoms with Crippen molar-refractivity contribution in [2.24, 2.45) is 23.7 Å². The zero-order valence-electron chi connectivity index (χ0n) is 81.8. The van der Waals surface area contributed by atoms with Gasteiger partial charge in [0.2, 0.25) is 5.91 Å². The van der Waals surface area contributed by atoms with Crippen molar-refractivity contribution in [2.45, 2.75) is 261 Å². The van der Waals surface area contributed by atoms with Crippen LogP contribution >= 0.6 is 0 Å². The summed E-state index contributed by atoms with van der Waals surface area (Å²) in [5, 5.41) is 44.1. The molecular weight excluding hydrogens is 1780 g/mol. The highest BCUT2D eigenvalue weighted by molar-refractivity contribution is 5.79. The van der Waals surface area contributed by atoms with Gasteiger partial charge in [-0.15, -0.1) is 10.2 Å². The van der Waals surface area contributed by atoms with Crippen LogP contribution in [0, 0.1) is 23.7 Å². The molecule has 6 fully saturated rings. The number of rotatable bonds is 56. The number of ether oxygens (including phenoxy) is 34. The van der Waals surface area contributed by atoms with Crippen molar-refractivity contribution in [3.63, 3.8) is 0 Å². The number of Topliss-reactive ketones (excluding diaryl/α,β-unsaturated/α-hetero) is 1. The molecule has 38 atom stereocenters. The molecule has 10 rings (SSSR count). The fourth-order valence-electron chi connectivity index (χ4n) is 20.4. The highest BCUT2D eigenvalue weighted by Gasteiger charge is 2.60. The molecule has 2 aliphatic carbocycles. The van der Waals surface area contributed by atoms with Gasteiger partial charge >= 0.3 is 0 Å². The normalized spacial score (nSPS) is 38.3. The van der Waals surface area contributed by atoms with Gasteiger partial charge < -0.3 is 182 Å². The third-order valence-electron chi connectivity index (χ3n) is 26.7. The molecule has 0 aromatic carbocycles. The molecule has 46 heteroatoms. The second-order valence-electron chi connectivity index (χ2n) is 34.1. The third-order valence-corrected chi connectivity index (χ3v) is 26.7. The standard InChI is InChI=1S/C88H150N8O38/c1-45-53(28-47-27-48(37-101-3)54(35-97)66(109-11)64(47)107-9)65(108-10)80(119-21)85(125-45)131-72-60(43-105-7)129-87(82(121-23)77(72)116-18)133-70-58(41-103-5)127-57(69(112-14)75(70)114-16)30-52(99)33-95-50(31-89-93-95)39-123-25-26-124-40-51-32-90-94-96(51)34-62(100)92-84-79(118-20)76(115-17)71(59(128-84)42-104-6)134-88-83(122-24)78(117-19)73(61(130-88)44-106-8)132-86-81(120-22)74(113-15)63(46(2)126-86)91-56-29-49(38-102-4)55(36-98)67(110-12)68(56)111-13/h27,29,31-32,45-47,53-61,63-88,91,97-98H,25-26,28,30,33-44H2,1-24H3,(H,92,100). The quantitative estimate of drug-likeness (QED) is 0.0447. The van der Waals surface area contributed by atoms with Gasteiger partial charge in [-0.2, -0.15) is 0 Å². The molecule has 4 N–H and O–H groups in total. The van der Waals surface area contributed by atoms with Crippen molar-refractivity contribution < 1.29 is 181 Å². The maximum Gasteiger partial charge on any atom is 0.243 e. The summed E-state index contributed by atoms with van der Waals surface area (Å²) in [5.41, 5.74) is 2.74. The van der Waals surface area contributed by atoms with Gasteiger partial charge in [0, 0.05) is 187 Å². The Morgan fingerprint density at radius 3 is 1.19 bits per heavy atom. The van der Waals surface area contributed by atoms with Crippen LogP contribution in [0.4, 0.5) is 0 Å². The zero-order valence-corrected chi connectivity index (χ0v) is 81.8. The number of ketones is 1. The summed E-state index contributed by atoms with van der Waals surface area (Å²) < 4.78 is 216. The second-order valence-corrected chi connectivity index (χ2v) is 34.1. The summed E-state index contributed by atoms with van der Waals surface area (Å²) >= 11 is 0. The molecule has 6 saturated heterocycles. The molecule has 0 spiro atoms. The fraction of sp³-hybridized carbons (Fsp3) is 0.886. The van der Waals surface area contributed by atoms with E-state index in [4.69, 9.17) is 161 Å². The molecule has 8 aliphatic rings. The van der Waals surface area contributed by atoms with E-state index in [1.807, 2.05) is 19.9 Å². The Kier molecular flexibility index (Phi) is 46.3. The number of hydrogen-bond acceptors (Lipinski definition) is 43. The predicted octanol–water partition coefficient (Wildman–Crippen LogP) is -1.18. The van der Waals surface area contributed by atoms with Crippen LogP contribution in [-0.4, -0.2) is 483 Å². The Hall–Kier alpha value is -4.58. The van der Waals surface area contributed by atoms with Crippen LogP contribution in [0.1, 0.15) is 38.1 Å². The molecule has 2 aromatic heterocycles. The molecule has 0 saturated carbocycles. The first-order valence-corrected chi connectivity index (χ1v) is 45.1. The van der Waals surface area contributed by atoms with Gasteiger partial charge in [-0.25, -0.2) is 9.36 Å². The van der Waals surface area contributed by atoms with Gasteiger partial charge in [-0.05, 0) is 31.4 Å². The van der Waals surface area contributed by atoms with E-state index in [9.17, 15) is 19.8 Å². The molecule has 0 radical (unpaired) electrons. The van der Waals surface area contributed by atoms with Crippen LogP contribution in [-0.2, 0) is 197 Å². The molecule has 1 amide bonds. The number of nitrogens with one attached hydrogen (secondary N) is 2. The van der Waals surface area contributed by atoms with Gasteiger partial charge in [-0.1, -0.05) is 22.6 Å². The number of aliphatic hydroxyl groups excluding tert-OH is 2. The van der Waals surface area contributed by atoms with E-state index < -0.39 is 214 Å². The molecular formula is C88H150N8O38. The average molecular weight is 1930 g/mol. The number of aliphatic hydroxyl groups is 2. The Bertz CT molecular complexity index is 3530. The van der Waals surface area contributed by atoms with Gasteiger partial charge in [0.05, 0.1) is 158 Å². The van der Waals surface area contributed by atoms with Crippen molar-refractivity contribution in [3.05, 3.63) is 47.1 Å². The molecule has 134 heavy (non-hydrogen) atoms. The topological polar surface area (TPSA) is 474 Å². The highest BCUT2D eigenvalue weighted by atomic mass is 16.8. The van der Waals surface area contributed by atoms with E-state index in [1.165, 1.54) is 107 Å². The smallest absolute Gasteiger partial charge is 0.243 e. The monoisotopic (exact) mass is 1930 g/mol. The summed E-state index contributed by atoms with van der Waals surface area (Å²) in [6.45, 7) is 3.83. The first kappa shape index (κ1) is 111. The molecule has 770 valence electrons. The molecule has 46 nitrogen and oxygen atoms in total. The van der Waals surface area contributed by atoms with E-state index >= 15 is 0 Å². The number of carbonyl (C=O) groups excluding carboxylic acids is 2. The summed E-state index contributed by atoms with van der Waals surface area (Å²) in [7, 11) is 34.1. The maximum atomic E-state index is 14.3. The lowest BCUT2D eigenvalue weighted by atomic mass is 9.72. The summed E-state index contributed by atoms with van der Waals surface area (Å²) in [5.74, 6) is -1.89. The zero-order chi connectivity index (χ0) is 97.0. The summed E-state index contributed by atoms with van der Waals surface area (Å²) in [6.07, 6.45) is -19.2.